The normalized spacial score (nSPS) is 32.3. The van der Waals surface area contributed by atoms with Crippen molar-refractivity contribution >= 4 is 5.91 Å². The van der Waals surface area contributed by atoms with E-state index in [1.807, 2.05) is 6.92 Å². The molecule has 0 radical (unpaired) electrons. The van der Waals surface area contributed by atoms with Gasteiger partial charge in [0, 0.05) is 12.1 Å². The van der Waals surface area contributed by atoms with Crippen LogP contribution in [-0.4, -0.2) is 41.5 Å². The molecule has 2 unspecified atom stereocenters. The van der Waals surface area contributed by atoms with Crippen LogP contribution in [0.1, 0.15) is 58.8 Å². The summed E-state index contributed by atoms with van der Waals surface area (Å²) < 4.78 is 0. The van der Waals surface area contributed by atoms with Gasteiger partial charge in [-0.2, -0.15) is 0 Å². The molecule has 19 heavy (non-hydrogen) atoms. The molecule has 0 saturated heterocycles. The van der Waals surface area contributed by atoms with E-state index in [9.17, 15) is 4.79 Å². The van der Waals surface area contributed by atoms with Crippen LogP contribution in [-0.2, 0) is 4.79 Å². The van der Waals surface area contributed by atoms with Gasteiger partial charge in [0.05, 0.1) is 5.54 Å². The van der Waals surface area contributed by atoms with E-state index in [0.29, 0.717) is 6.04 Å². The van der Waals surface area contributed by atoms with E-state index in [0.717, 1.165) is 38.4 Å². The number of carbonyl (C=O) groups is 1. The molecular formula is C15H29N3O. The molecule has 0 bridgehead atoms. The van der Waals surface area contributed by atoms with Crippen LogP contribution < -0.4 is 11.1 Å². The molecule has 0 aromatic rings. The van der Waals surface area contributed by atoms with Gasteiger partial charge in [0.2, 0.25) is 5.91 Å². The maximum absolute atomic E-state index is 11.8. The number of hydrogen-bond acceptors (Lipinski definition) is 3. The van der Waals surface area contributed by atoms with Gasteiger partial charge < -0.3 is 11.1 Å². The van der Waals surface area contributed by atoms with Crippen LogP contribution in [0.5, 0.6) is 0 Å². The predicted octanol–water partition coefficient (Wildman–Crippen LogP) is 1.64. The summed E-state index contributed by atoms with van der Waals surface area (Å²) in [5.74, 6) is -0.167. The van der Waals surface area contributed by atoms with Crippen LogP contribution in [0.3, 0.4) is 0 Å². The van der Waals surface area contributed by atoms with E-state index in [1.165, 1.54) is 25.7 Å². The second-order valence-corrected chi connectivity index (χ2v) is 6.14. The molecule has 0 aliphatic heterocycles. The monoisotopic (exact) mass is 267 g/mol. The number of primary amides is 1. The third-order valence-corrected chi connectivity index (χ3v) is 5.10. The molecule has 4 nitrogen and oxygen atoms in total. The first kappa shape index (κ1) is 14.8. The summed E-state index contributed by atoms with van der Waals surface area (Å²) >= 11 is 0. The highest BCUT2D eigenvalue weighted by atomic mass is 16.1. The molecule has 0 aromatic heterocycles. The molecule has 2 atom stereocenters. The van der Waals surface area contributed by atoms with Crippen LogP contribution >= 0.6 is 0 Å². The Hall–Kier alpha value is -0.610. The van der Waals surface area contributed by atoms with Gasteiger partial charge in [-0.1, -0.05) is 26.7 Å². The summed E-state index contributed by atoms with van der Waals surface area (Å²) in [5.41, 5.74) is 5.20. The summed E-state index contributed by atoms with van der Waals surface area (Å²) in [6.45, 7) is 6.20. The van der Waals surface area contributed by atoms with Crippen molar-refractivity contribution < 1.29 is 4.79 Å². The molecule has 2 aliphatic rings. The molecule has 2 aliphatic carbocycles. The molecule has 0 aromatic carbocycles. The highest BCUT2D eigenvalue weighted by Crippen LogP contribution is 2.36. The fourth-order valence-electron chi connectivity index (χ4n) is 4.16. The minimum atomic E-state index is -0.453. The lowest BCUT2D eigenvalue weighted by Crippen LogP contribution is -2.55. The summed E-state index contributed by atoms with van der Waals surface area (Å²) in [6, 6.07) is 1.26. The Morgan fingerprint density at radius 2 is 1.95 bits per heavy atom. The zero-order valence-corrected chi connectivity index (χ0v) is 12.5. The van der Waals surface area contributed by atoms with E-state index in [-0.39, 0.29) is 5.91 Å². The van der Waals surface area contributed by atoms with E-state index in [2.05, 4.69) is 17.1 Å². The van der Waals surface area contributed by atoms with Crippen LogP contribution in [0.15, 0.2) is 0 Å². The van der Waals surface area contributed by atoms with E-state index >= 15 is 0 Å². The Labute approximate surface area is 117 Å². The van der Waals surface area contributed by atoms with E-state index < -0.39 is 5.54 Å². The average molecular weight is 267 g/mol. The topological polar surface area (TPSA) is 58.4 Å². The van der Waals surface area contributed by atoms with Crippen molar-refractivity contribution in [2.24, 2.45) is 5.73 Å². The summed E-state index contributed by atoms with van der Waals surface area (Å²) in [7, 11) is 0. The van der Waals surface area contributed by atoms with Crippen LogP contribution in [0.2, 0.25) is 0 Å². The first-order valence-electron chi connectivity index (χ1n) is 7.93. The summed E-state index contributed by atoms with van der Waals surface area (Å²) in [6.07, 6.45) is 8.26. The van der Waals surface area contributed by atoms with Crippen LogP contribution in [0, 0.1) is 0 Å². The van der Waals surface area contributed by atoms with Gasteiger partial charge in [-0.3, -0.25) is 9.69 Å². The van der Waals surface area contributed by atoms with Gasteiger partial charge in [-0.25, -0.2) is 0 Å². The average Bonchev–Trinajstić information content (AvgIpc) is 3.02. The Morgan fingerprint density at radius 3 is 2.47 bits per heavy atom. The van der Waals surface area contributed by atoms with Gasteiger partial charge in [-0.15, -0.1) is 0 Å². The number of hydrogen-bond donors (Lipinski definition) is 2. The smallest absolute Gasteiger partial charge is 0.237 e. The third kappa shape index (κ3) is 2.95. The molecule has 0 spiro atoms. The molecule has 2 saturated carbocycles. The second kappa shape index (κ2) is 6.23. The molecule has 2 rings (SSSR count). The van der Waals surface area contributed by atoms with Crippen molar-refractivity contribution in [3.63, 3.8) is 0 Å². The van der Waals surface area contributed by atoms with Gasteiger partial charge >= 0.3 is 0 Å². The zero-order valence-electron chi connectivity index (χ0n) is 12.5. The van der Waals surface area contributed by atoms with Crippen LogP contribution in [0.25, 0.3) is 0 Å². The molecule has 110 valence electrons. The summed E-state index contributed by atoms with van der Waals surface area (Å²) in [5, 5.41) is 3.36. The van der Waals surface area contributed by atoms with E-state index in [4.69, 9.17) is 5.73 Å². The van der Waals surface area contributed by atoms with Crippen molar-refractivity contribution in [3.05, 3.63) is 0 Å². The fourth-order valence-corrected chi connectivity index (χ4v) is 4.16. The Morgan fingerprint density at radius 1 is 1.26 bits per heavy atom. The largest absolute Gasteiger partial charge is 0.368 e. The van der Waals surface area contributed by atoms with Crippen LogP contribution in [0.4, 0.5) is 0 Å². The van der Waals surface area contributed by atoms with Crippen molar-refractivity contribution in [1.29, 1.82) is 0 Å². The van der Waals surface area contributed by atoms with Crippen molar-refractivity contribution in [3.8, 4) is 0 Å². The predicted molar refractivity (Wildman–Crippen MR) is 77.9 cm³/mol. The highest BCUT2D eigenvalue weighted by Gasteiger charge is 2.45. The number of rotatable bonds is 6. The van der Waals surface area contributed by atoms with Gasteiger partial charge in [0.1, 0.15) is 0 Å². The molecule has 0 heterocycles. The maximum Gasteiger partial charge on any atom is 0.237 e. The number of nitrogens with zero attached hydrogens (tertiary/aromatic N) is 1. The first-order chi connectivity index (χ1) is 9.13. The minimum Gasteiger partial charge on any atom is -0.368 e. The van der Waals surface area contributed by atoms with Gasteiger partial charge in [0.25, 0.3) is 0 Å². The number of nitrogens with two attached hydrogens (primary N) is 1. The Bertz CT molecular complexity index is 315. The third-order valence-electron chi connectivity index (χ3n) is 5.10. The zero-order chi connectivity index (χ0) is 13.9. The van der Waals surface area contributed by atoms with Gasteiger partial charge in [0.15, 0.2) is 0 Å². The lowest BCUT2D eigenvalue weighted by atomic mass is 9.96. The SMILES string of the molecule is CCNC1(C(N)=O)CCC(N(CC)C2CCCC2)C1. The minimum absolute atomic E-state index is 0.167. The molecule has 2 fully saturated rings. The van der Waals surface area contributed by atoms with Crippen molar-refractivity contribution in [2.75, 3.05) is 13.1 Å². The number of nitrogens with one attached hydrogen (secondary N) is 1. The highest BCUT2D eigenvalue weighted by molar-refractivity contribution is 5.85. The molecule has 3 N–H and O–H groups in total. The summed E-state index contributed by atoms with van der Waals surface area (Å²) in [4.78, 5) is 14.5. The standard InChI is InChI=1S/C15H29N3O/c1-3-17-15(14(16)19)10-9-13(11-15)18(4-2)12-7-5-6-8-12/h12-13,17H,3-11H2,1-2H3,(H2,16,19). The second-order valence-electron chi connectivity index (χ2n) is 6.14. The van der Waals surface area contributed by atoms with E-state index in [1.54, 1.807) is 0 Å². The molecule has 4 heteroatoms. The lowest BCUT2D eigenvalue weighted by Gasteiger charge is -2.35. The van der Waals surface area contributed by atoms with Crippen molar-refractivity contribution in [2.45, 2.75) is 76.4 Å². The Kier molecular flexibility index (Phi) is 4.85. The maximum atomic E-state index is 11.8. The molecular weight excluding hydrogens is 238 g/mol. The first-order valence-corrected chi connectivity index (χ1v) is 7.93. The fraction of sp³-hybridized carbons (Fsp3) is 0.933. The molecule has 1 amide bonds. The van der Waals surface area contributed by atoms with Gasteiger partial charge in [-0.05, 0) is 45.2 Å². The number of amides is 1. The Balaban J connectivity index is 2.04. The quantitative estimate of drug-likeness (QED) is 0.769. The lowest BCUT2D eigenvalue weighted by molar-refractivity contribution is -0.124. The number of likely N-dealkylation sites (N-methyl/N-ethyl adjacent to an activating group) is 1. The number of carbonyl (C=O) groups excluding carboxylic acids is 1. The van der Waals surface area contributed by atoms with Crippen molar-refractivity contribution in [1.82, 2.24) is 10.2 Å².